The Morgan fingerprint density at radius 3 is 2.51 bits per heavy atom. The van der Waals surface area contributed by atoms with Gasteiger partial charge < -0.3 is 15.2 Å². The van der Waals surface area contributed by atoms with Gasteiger partial charge in [-0.3, -0.25) is 24.2 Å². The fourth-order valence-corrected chi connectivity index (χ4v) is 3.93. The summed E-state index contributed by atoms with van der Waals surface area (Å²) in [6.07, 6.45) is 4.25. The molecule has 1 aromatic heterocycles. The van der Waals surface area contributed by atoms with Gasteiger partial charge in [0, 0.05) is 48.5 Å². The van der Waals surface area contributed by atoms with E-state index in [4.69, 9.17) is 4.52 Å². The van der Waals surface area contributed by atoms with E-state index in [2.05, 4.69) is 20.8 Å². The molecule has 0 unspecified atom stereocenters. The molecule has 9 nitrogen and oxygen atoms in total. The third kappa shape index (κ3) is 8.63. The summed E-state index contributed by atoms with van der Waals surface area (Å²) in [5.74, 6) is -1.54. The molecule has 0 saturated heterocycles. The number of carbonyl (C=O) groups excluding carboxylic acids is 4. The highest BCUT2D eigenvalue weighted by Gasteiger charge is 2.28. The average molecular weight is 507 g/mol. The highest BCUT2D eigenvalue weighted by molar-refractivity contribution is 6.11. The normalized spacial score (nSPS) is 13.7. The molecule has 0 radical (unpaired) electrons. The van der Waals surface area contributed by atoms with Gasteiger partial charge in [0.25, 0.3) is 0 Å². The van der Waals surface area contributed by atoms with Crippen molar-refractivity contribution in [3.8, 4) is 0 Å². The Morgan fingerprint density at radius 1 is 1.08 bits per heavy atom. The van der Waals surface area contributed by atoms with Crippen LogP contribution in [0.3, 0.4) is 0 Å². The number of rotatable bonds is 12. The van der Waals surface area contributed by atoms with Crippen molar-refractivity contribution in [3.05, 3.63) is 65.1 Å². The van der Waals surface area contributed by atoms with Crippen LogP contribution in [-0.2, 0) is 9.59 Å². The number of benzene rings is 1. The Labute approximate surface area is 216 Å². The van der Waals surface area contributed by atoms with Gasteiger partial charge in [0.15, 0.2) is 11.6 Å². The fraction of sp³-hybridized carbons (Fsp3) is 0.429. The zero-order valence-corrected chi connectivity index (χ0v) is 21.8. The zero-order chi connectivity index (χ0) is 27.0. The highest BCUT2D eigenvalue weighted by Crippen LogP contribution is 2.16. The van der Waals surface area contributed by atoms with Crippen LogP contribution in [-0.4, -0.2) is 52.9 Å². The quantitative estimate of drug-likeness (QED) is 0.334. The number of aliphatic imine (C=N–C) groups is 1. The summed E-state index contributed by atoms with van der Waals surface area (Å²) < 4.78 is 4.96. The maximum absolute atomic E-state index is 12.9. The minimum atomic E-state index is -0.875. The molecule has 3 rings (SSSR count). The number of ketones is 2. The van der Waals surface area contributed by atoms with E-state index in [1.54, 1.807) is 13.0 Å². The summed E-state index contributed by atoms with van der Waals surface area (Å²) in [5, 5.41) is 9.32. The van der Waals surface area contributed by atoms with E-state index in [0.717, 1.165) is 11.3 Å². The Balaban J connectivity index is 1.55. The molecule has 1 aliphatic heterocycles. The van der Waals surface area contributed by atoms with Crippen LogP contribution in [0.5, 0.6) is 0 Å². The van der Waals surface area contributed by atoms with Crippen LogP contribution in [0.4, 0.5) is 0 Å². The van der Waals surface area contributed by atoms with Gasteiger partial charge in [-0.05, 0) is 46.3 Å². The van der Waals surface area contributed by atoms with Crippen molar-refractivity contribution in [1.82, 2.24) is 15.8 Å². The van der Waals surface area contributed by atoms with E-state index in [9.17, 15) is 19.2 Å². The van der Waals surface area contributed by atoms with Gasteiger partial charge in [0.1, 0.15) is 11.5 Å². The standard InChI is InChI=1S/C28H34N4O5/c1-18-14-23(32-37-18)25(34)16-21(17-26(35)31-28(2,3)4)27(36)30-13-7-11-24(33)20-9-5-8-19(15-20)22-10-6-12-29-22/h5-6,8-10,14-15,21H,7,11-13,16-17H2,1-4H3,(H,30,36)(H,31,35)/t21-/m0/s1. The number of aryl methyl sites for hydroxylation is 1. The number of allylic oxidation sites excluding steroid dienone is 1. The monoisotopic (exact) mass is 506 g/mol. The second kappa shape index (κ2) is 12.4. The molecule has 37 heavy (non-hydrogen) atoms. The Morgan fingerprint density at radius 2 is 1.86 bits per heavy atom. The minimum absolute atomic E-state index is 0.0311. The van der Waals surface area contributed by atoms with Crippen LogP contribution in [0.25, 0.3) is 0 Å². The van der Waals surface area contributed by atoms with Crippen molar-refractivity contribution in [2.24, 2.45) is 10.9 Å². The number of nitrogens with zero attached hydrogens (tertiary/aromatic N) is 2. The number of carbonyl (C=O) groups is 4. The minimum Gasteiger partial charge on any atom is -0.361 e. The van der Waals surface area contributed by atoms with Gasteiger partial charge in [-0.2, -0.15) is 0 Å². The molecule has 196 valence electrons. The lowest BCUT2D eigenvalue weighted by Gasteiger charge is -2.22. The lowest BCUT2D eigenvalue weighted by Crippen LogP contribution is -2.43. The molecule has 0 spiro atoms. The molecule has 1 aromatic carbocycles. The van der Waals surface area contributed by atoms with E-state index in [1.165, 1.54) is 6.07 Å². The lowest BCUT2D eigenvalue weighted by molar-refractivity contribution is -0.130. The maximum atomic E-state index is 12.9. The number of nitrogens with one attached hydrogen (secondary N) is 2. The number of hydrogen-bond donors (Lipinski definition) is 2. The van der Waals surface area contributed by atoms with Crippen LogP contribution < -0.4 is 10.6 Å². The third-order valence-corrected chi connectivity index (χ3v) is 5.67. The first-order valence-corrected chi connectivity index (χ1v) is 12.4. The number of hydrogen-bond acceptors (Lipinski definition) is 7. The molecule has 2 heterocycles. The molecule has 2 amide bonds. The Bertz CT molecular complexity index is 1220. The zero-order valence-electron chi connectivity index (χ0n) is 21.8. The molecule has 9 heteroatoms. The van der Waals surface area contributed by atoms with E-state index in [1.807, 2.05) is 51.1 Å². The first kappa shape index (κ1) is 27.7. The molecule has 2 N–H and O–H groups in total. The van der Waals surface area contributed by atoms with E-state index >= 15 is 0 Å². The molecule has 2 aromatic rings. The fourth-order valence-electron chi connectivity index (χ4n) is 3.93. The van der Waals surface area contributed by atoms with Gasteiger partial charge in [-0.15, -0.1) is 0 Å². The molecular weight excluding hydrogens is 472 g/mol. The van der Waals surface area contributed by atoms with Crippen LogP contribution in [0.2, 0.25) is 0 Å². The van der Waals surface area contributed by atoms with Crippen molar-refractivity contribution in [3.63, 3.8) is 0 Å². The van der Waals surface area contributed by atoms with Gasteiger partial charge in [0.05, 0.1) is 18.2 Å². The van der Waals surface area contributed by atoms with Gasteiger partial charge >= 0.3 is 0 Å². The number of Topliss-reactive ketones (excluding diaryl/α,β-unsaturated/α-hetero) is 2. The molecule has 0 bridgehead atoms. The summed E-state index contributed by atoms with van der Waals surface area (Å²) in [4.78, 5) is 55.2. The summed E-state index contributed by atoms with van der Waals surface area (Å²) in [7, 11) is 0. The van der Waals surface area contributed by atoms with E-state index < -0.39 is 17.4 Å². The van der Waals surface area contributed by atoms with Crippen LogP contribution >= 0.6 is 0 Å². The molecule has 1 aliphatic rings. The van der Waals surface area contributed by atoms with Crippen LogP contribution in [0, 0.1) is 12.8 Å². The summed E-state index contributed by atoms with van der Waals surface area (Å²) in [5.41, 5.74) is 2.01. The summed E-state index contributed by atoms with van der Waals surface area (Å²) in [6, 6.07) is 8.85. The molecule has 1 atom stereocenters. The number of aromatic nitrogens is 1. The van der Waals surface area contributed by atoms with Crippen LogP contribution in [0.1, 0.15) is 78.6 Å². The second-order valence-corrected chi connectivity index (χ2v) is 10.2. The topological polar surface area (TPSA) is 131 Å². The smallest absolute Gasteiger partial charge is 0.224 e. The summed E-state index contributed by atoms with van der Waals surface area (Å²) in [6.45, 7) is 8.09. The first-order chi connectivity index (χ1) is 17.5. The van der Waals surface area contributed by atoms with Gasteiger partial charge in [-0.1, -0.05) is 29.4 Å². The third-order valence-electron chi connectivity index (χ3n) is 5.67. The van der Waals surface area contributed by atoms with Crippen molar-refractivity contribution in [2.45, 2.75) is 58.9 Å². The molecule has 0 saturated carbocycles. The largest absolute Gasteiger partial charge is 0.361 e. The predicted octanol–water partition coefficient (Wildman–Crippen LogP) is 3.62. The first-order valence-electron chi connectivity index (χ1n) is 12.4. The number of amides is 2. The van der Waals surface area contributed by atoms with Crippen molar-refractivity contribution >= 4 is 29.1 Å². The van der Waals surface area contributed by atoms with E-state index in [-0.39, 0.29) is 49.0 Å². The van der Waals surface area contributed by atoms with Crippen LogP contribution in [0.15, 0.2) is 52.0 Å². The van der Waals surface area contributed by atoms with Crippen molar-refractivity contribution < 1.29 is 23.7 Å². The van der Waals surface area contributed by atoms with E-state index in [0.29, 0.717) is 24.3 Å². The van der Waals surface area contributed by atoms with Crippen molar-refractivity contribution in [2.75, 3.05) is 13.1 Å². The van der Waals surface area contributed by atoms with Gasteiger partial charge in [0.2, 0.25) is 11.8 Å². The molecule has 0 fully saturated rings. The second-order valence-electron chi connectivity index (χ2n) is 10.2. The molecular formula is C28H34N4O5. The summed E-state index contributed by atoms with van der Waals surface area (Å²) >= 11 is 0. The Hall–Kier alpha value is -3.88. The maximum Gasteiger partial charge on any atom is 0.224 e. The van der Waals surface area contributed by atoms with Gasteiger partial charge in [-0.25, -0.2) is 0 Å². The lowest BCUT2D eigenvalue weighted by atomic mass is 9.95. The predicted molar refractivity (Wildman–Crippen MR) is 140 cm³/mol. The Kier molecular flexibility index (Phi) is 9.27. The highest BCUT2D eigenvalue weighted by atomic mass is 16.5. The average Bonchev–Trinajstić information content (AvgIpc) is 3.52. The van der Waals surface area contributed by atoms with Crippen molar-refractivity contribution in [1.29, 1.82) is 0 Å². The SMILES string of the molecule is Cc1cc(C(=O)C[C@@H](CC(=O)NC(C)(C)C)C(=O)NCCCC(=O)c2cccc(C3=NCC=C3)c2)no1. The molecule has 0 aliphatic carbocycles.